The summed E-state index contributed by atoms with van der Waals surface area (Å²) in [5.41, 5.74) is 0.620. The first-order valence-electron chi connectivity index (χ1n) is 9.17. The van der Waals surface area contributed by atoms with Crippen LogP contribution in [0.3, 0.4) is 0 Å². The summed E-state index contributed by atoms with van der Waals surface area (Å²) >= 11 is 3.38. The average Bonchev–Trinajstić information content (AvgIpc) is 2.67. The normalized spacial score (nSPS) is 20.5. The first kappa shape index (κ1) is 19.8. The molecule has 8 heteroatoms. The molecule has 1 aromatic rings. The Bertz CT molecular complexity index is 742. The van der Waals surface area contributed by atoms with Crippen LogP contribution in [0.4, 0.5) is 0 Å². The number of carbonyl (C=O) groups excluding carboxylic acids is 1. The van der Waals surface area contributed by atoms with E-state index >= 15 is 0 Å². The molecule has 0 atom stereocenters. The highest BCUT2D eigenvalue weighted by Gasteiger charge is 2.35. The summed E-state index contributed by atoms with van der Waals surface area (Å²) in [5, 5.41) is 0. The van der Waals surface area contributed by atoms with Crippen LogP contribution >= 0.6 is 15.9 Å². The number of hydrogen-bond donors (Lipinski definition) is 0. The zero-order valence-corrected chi connectivity index (χ0v) is 17.5. The van der Waals surface area contributed by atoms with Crippen molar-refractivity contribution in [2.75, 3.05) is 33.2 Å². The summed E-state index contributed by atoms with van der Waals surface area (Å²) in [6.45, 7) is 1.53. The molecule has 2 fully saturated rings. The van der Waals surface area contributed by atoms with Crippen molar-refractivity contribution in [2.45, 2.75) is 38.1 Å². The van der Waals surface area contributed by atoms with E-state index in [4.69, 9.17) is 0 Å². The summed E-state index contributed by atoms with van der Waals surface area (Å²) in [4.78, 5) is 14.3. The Morgan fingerprint density at radius 3 is 2.38 bits per heavy atom. The number of benzene rings is 1. The highest BCUT2D eigenvalue weighted by molar-refractivity contribution is 9.10. The average molecular weight is 444 g/mol. The zero-order chi connectivity index (χ0) is 18.7. The van der Waals surface area contributed by atoms with Crippen molar-refractivity contribution >= 4 is 32.0 Å². The molecule has 1 saturated carbocycles. The molecular weight excluding hydrogens is 418 g/mol. The Morgan fingerprint density at radius 1 is 1.12 bits per heavy atom. The van der Waals surface area contributed by atoms with Gasteiger partial charge in [-0.2, -0.15) is 17.0 Å². The quantitative estimate of drug-likeness (QED) is 0.718. The summed E-state index contributed by atoms with van der Waals surface area (Å²) in [6.07, 6.45) is 5.27. The van der Waals surface area contributed by atoms with E-state index in [0.717, 1.165) is 30.2 Å². The number of halogens is 1. The molecular formula is C18H26BrN3O3S. The first-order valence-corrected chi connectivity index (χ1v) is 11.4. The van der Waals surface area contributed by atoms with Crippen molar-refractivity contribution in [2.24, 2.45) is 0 Å². The van der Waals surface area contributed by atoms with Crippen LogP contribution in [-0.4, -0.2) is 67.1 Å². The second kappa shape index (κ2) is 8.37. The van der Waals surface area contributed by atoms with Gasteiger partial charge in [0.25, 0.3) is 16.1 Å². The maximum Gasteiger partial charge on any atom is 0.282 e. The molecule has 0 aromatic heterocycles. The maximum absolute atomic E-state index is 12.9. The fraction of sp³-hybridized carbons (Fsp3) is 0.611. The second-order valence-corrected chi connectivity index (χ2v) is 9.92. The Kier molecular flexibility index (Phi) is 6.37. The minimum Gasteiger partial charge on any atom is -0.336 e. The van der Waals surface area contributed by atoms with E-state index in [2.05, 4.69) is 15.9 Å². The van der Waals surface area contributed by atoms with Gasteiger partial charge in [-0.15, -0.1) is 0 Å². The SMILES string of the molecule is CN(C1CCCCC1)S(=O)(=O)N1CCN(C(=O)c2cccc(Br)c2)CC1. The van der Waals surface area contributed by atoms with Crippen molar-refractivity contribution in [3.05, 3.63) is 34.3 Å². The molecule has 1 aliphatic carbocycles. The van der Waals surface area contributed by atoms with Gasteiger partial charge < -0.3 is 4.90 Å². The lowest BCUT2D eigenvalue weighted by molar-refractivity contribution is 0.0693. The largest absolute Gasteiger partial charge is 0.336 e. The topological polar surface area (TPSA) is 60.9 Å². The van der Waals surface area contributed by atoms with Crippen LogP contribution in [0.25, 0.3) is 0 Å². The number of piperazine rings is 1. The Balaban J connectivity index is 1.61. The summed E-state index contributed by atoms with van der Waals surface area (Å²) < 4.78 is 29.8. The van der Waals surface area contributed by atoms with Gasteiger partial charge in [-0.25, -0.2) is 0 Å². The minimum atomic E-state index is -3.46. The van der Waals surface area contributed by atoms with E-state index in [1.54, 1.807) is 28.4 Å². The van der Waals surface area contributed by atoms with Gasteiger partial charge in [-0.3, -0.25) is 4.79 Å². The van der Waals surface area contributed by atoms with Crippen LogP contribution < -0.4 is 0 Å². The number of nitrogens with zero attached hydrogens (tertiary/aromatic N) is 3. The second-order valence-electron chi connectivity index (χ2n) is 7.02. The molecule has 1 amide bonds. The smallest absolute Gasteiger partial charge is 0.282 e. The van der Waals surface area contributed by atoms with Crippen LogP contribution in [0.15, 0.2) is 28.7 Å². The van der Waals surface area contributed by atoms with Gasteiger partial charge in [-0.1, -0.05) is 41.3 Å². The van der Waals surface area contributed by atoms with Crippen LogP contribution in [0, 0.1) is 0 Å². The molecule has 1 saturated heterocycles. The van der Waals surface area contributed by atoms with Gasteiger partial charge in [0, 0.05) is 49.3 Å². The molecule has 1 heterocycles. The summed E-state index contributed by atoms with van der Waals surface area (Å²) in [6, 6.07) is 7.39. The molecule has 0 spiro atoms. The predicted molar refractivity (Wildman–Crippen MR) is 105 cm³/mol. The van der Waals surface area contributed by atoms with E-state index in [-0.39, 0.29) is 11.9 Å². The van der Waals surface area contributed by atoms with E-state index in [9.17, 15) is 13.2 Å². The van der Waals surface area contributed by atoms with Crippen molar-refractivity contribution in [1.29, 1.82) is 0 Å². The van der Waals surface area contributed by atoms with Crippen molar-refractivity contribution < 1.29 is 13.2 Å². The van der Waals surface area contributed by atoms with Crippen molar-refractivity contribution in [3.63, 3.8) is 0 Å². The van der Waals surface area contributed by atoms with Gasteiger partial charge in [0.1, 0.15) is 0 Å². The third kappa shape index (κ3) is 4.30. The lowest BCUT2D eigenvalue weighted by Crippen LogP contribution is -2.55. The number of amides is 1. The molecule has 2 aliphatic rings. The molecule has 0 bridgehead atoms. The number of hydrogen-bond acceptors (Lipinski definition) is 3. The van der Waals surface area contributed by atoms with E-state index < -0.39 is 10.2 Å². The van der Waals surface area contributed by atoms with Gasteiger partial charge in [0.15, 0.2) is 0 Å². The van der Waals surface area contributed by atoms with Crippen LogP contribution in [0.5, 0.6) is 0 Å². The lowest BCUT2D eigenvalue weighted by Gasteiger charge is -2.38. The van der Waals surface area contributed by atoms with Gasteiger partial charge in [-0.05, 0) is 31.0 Å². The Morgan fingerprint density at radius 2 is 1.77 bits per heavy atom. The highest BCUT2D eigenvalue weighted by atomic mass is 79.9. The summed E-state index contributed by atoms with van der Waals surface area (Å²) in [5.74, 6) is -0.0519. The van der Waals surface area contributed by atoms with Crippen LogP contribution in [-0.2, 0) is 10.2 Å². The predicted octanol–water partition coefficient (Wildman–Crippen LogP) is 2.72. The third-order valence-corrected chi connectivity index (χ3v) is 7.91. The molecule has 0 N–H and O–H groups in total. The van der Waals surface area contributed by atoms with Crippen molar-refractivity contribution in [3.8, 4) is 0 Å². The first-order chi connectivity index (χ1) is 12.4. The lowest BCUT2D eigenvalue weighted by atomic mass is 9.96. The van der Waals surface area contributed by atoms with E-state index in [1.165, 1.54) is 10.7 Å². The minimum absolute atomic E-state index is 0.0519. The van der Waals surface area contributed by atoms with Crippen LogP contribution in [0.2, 0.25) is 0 Å². The molecule has 144 valence electrons. The maximum atomic E-state index is 12.9. The summed E-state index contributed by atoms with van der Waals surface area (Å²) in [7, 11) is -1.76. The fourth-order valence-corrected chi connectivity index (χ4v) is 5.72. The molecule has 1 aromatic carbocycles. The number of rotatable bonds is 4. The fourth-order valence-electron chi connectivity index (χ4n) is 3.74. The van der Waals surface area contributed by atoms with Gasteiger partial charge >= 0.3 is 0 Å². The molecule has 0 unspecified atom stereocenters. The zero-order valence-electron chi connectivity index (χ0n) is 15.1. The molecule has 26 heavy (non-hydrogen) atoms. The Hall–Kier alpha value is -0.960. The molecule has 1 aliphatic heterocycles. The number of carbonyl (C=O) groups is 1. The Labute approximate surface area is 164 Å². The third-order valence-electron chi connectivity index (χ3n) is 5.38. The molecule has 6 nitrogen and oxygen atoms in total. The van der Waals surface area contributed by atoms with E-state index in [0.29, 0.717) is 31.7 Å². The standard InChI is InChI=1S/C18H26BrN3O3S/c1-20(17-8-3-2-4-9-17)26(24,25)22-12-10-21(11-13-22)18(23)15-6-5-7-16(19)14-15/h5-7,14,17H,2-4,8-13H2,1H3. The van der Waals surface area contributed by atoms with Crippen LogP contribution in [0.1, 0.15) is 42.5 Å². The van der Waals surface area contributed by atoms with Gasteiger partial charge in [0.2, 0.25) is 0 Å². The van der Waals surface area contributed by atoms with Gasteiger partial charge in [0.05, 0.1) is 0 Å². The molecule has 0 radical (unpaired) electrons. The monoisotopic (exact) mass is 443 g/mol. The van der Waals surface area contributed by atoms with E-state index in [1.807, 2.05) is 12.1 Å². The molecule has 3 rings (SSSR count). The van der Waals surface area contributed by atoms with Crippen molar-refractivity contribution in [1.82, 2.24) is 13.5 Å². The highest BCUT2D eigenvalue weighted by Crippen LogP contribution is 2.25.